The van der Waals surface area contributed by atoms with Crippen molar-refractivity contribution in [2.24, 2.45) is 5.73 Å². The number of aryl methyl sites for hydroxylation is 1. The van der Waals surface area contributed by atoms with Gasteiger partial charge in [-0.1, -0.05) is 43.7 Å². The quantitative estimate of drug-likeness (QED) is 0.823. The van der Waals surface area contributed by atoms with E-state index in [9.17, 15) is 4.79 Å². The molecule has 0 bridgehead atoms. The van der Waals surface area contributed by atoms with E-state index in [0.29, 0.717) is 0 Å². The van der Waals surface area contributed by atoms with Gasteiger partial charge in [-0.25, -0.2) is 0 Å². The Morgan fingerprint density at radius 1 is 1.30 bits per heavy atom. The van der Waals surface area contributed by atoms with E-state index in [2.05, 4.69) is 42.6 Å². The second-order valence-electron chi connectivity index (χ2n) is 4.79. The molecule has 3 nitrogen and oxygen atoms in total. The summed E-state index contributed by atoms with van der Waals surface area (Å²) in [4.78, 5) is 12.2. The van der Waals surface area contributed by atoms with Gasteiger partial charge < -0.3 is 5.73 Å². The van der Waals surface area contributed by atoms with Crippen molar-refractivity contribution in [1.29, 1.82) is 0 Å². The van der Waals surface area contributed by atoms with Crippen LogP contribution in [-0.2, 0) is 11.2 Å². The van der Waals surface area contributed by atoms with Crippen molar-refractivity contribution in [1.82, 2.24) is 5.32 Å². The minimum atomic E-state index is -0.339. The van der Waals surface area contributed by atoms with E-state index < -0.39 is 0 Å². The average Bonchev–Trinajstić information content (AvgIpc) is 2.95. The minimum Gasteiger partial charge on any atom is -0.369 e. The van der Waals surface area contributed by atoms with Crippen LogP contribution in [0.15, 0.2) is 41.8 Å². The smallest absolute Gasteiger partial charge is 0.231 e. The summed E-state index contributed by atoms with van der Waals surface area (Å²) in [5, 5.41) is 5.27. The highest BCUT2D eigenvalue weighted by atomic mass is 32.1. The van der Waals surface area contributed by atoms with Crippen LogP contribution >= 0.6 is 11.3 Å². The molecule has 0 aliphatic heterocycles. The highest BCUT2D eigenvalue weighted by molar-refractivity contribution is 7.10. The number of rotatable bonds is 7. The van der Waals surface area contributed by atoms with E-state index in [1.54, 1.807) is 11.3 Å². The first kappa shape index (κ1) is 14.8. The Kier molecular flexibility index (Phi) is 5.32. The van der Waals surface area contributed by atoms with Gasteiger partial charge in [0.2, 0.25) is 5.91 Å². The molecular formula is C16H20N2OS. The lowest BCUT2D eigenvalue weighted by molar-refractivity contribution is -0.117. The molecule has 0 aliphatic carbocycles. The van der Waals surface area contributed by atoms with E-state index in [4.69, 9.17) is 5.73 Å². The van der Waals surface area contributed by atoms with Crippen molar-refractivity contribution < 1.29 is 4.79 Å². The van der Waals surface area contributed by atoms with Gasteiger partial charge in [-0.3, -0.25) is 10.1 Å². The third kappa shape index (κ3) is 3.92. The summed E-state index contributed by atoms with van der Waals surface area (Å²) in [7, 11) is 0. The molecule has 0 radical (unpaired) electrons. The standard InChI is InChI=1S/C16H20N2OS/c1-2-4-12-6-8-13(9-7-12)16(18-11-15(17)19)14-5-3-10-20-14/h3,5-10,16,18H,2,4,11H2,1H3,(H2,17,19)/t16-/m1/s1. The summed E-state index contributed by atoms with van der Waals surface area (Å²) >= 11 is 1.68. The van der Waals surface area contributed by atoms with Gasteiger partial charge in [0.05, 0.1) is 12.6 Å². The van der Waals surface area contributed by atoms with Crippen molar-refractivity contribution in [2.45, 2.75) is 25.8 Å². The van der Waals surface area contributed by atoms with E-state index in [-0.39, 0.29) is 18.5 Å². The van der Waals surface area contributed by atoms with E-state index >= 15 is 0 Å². The summed E-state index contributed by atoms with van der Waals surface area (Å²) in [5.41, 5.74) is 7.74. The molecule has 0 saturated heterocycles. The topological polar surface area (TPSA) is 55.1 Å². The first-order chi connectivity index (χ1) is 9.70. The lowest BCUT2D eigenvalue weighted by Crippen LogP contribution is -2.31. The third-order valence-electron chi connectivity index (χ3n) is 3.16. The summed E-state index contributed by atoms with van der Waals surface area (Å²) in [6, 6.07) is 12.7. The molecule has 0 saturated carbocycles. The van der Waals surface area contributed by atoms with Crippen molar-refractivity contribution in [3.63, 3.8) is 0 Å². The summed E-state index contributed by atoms with van der Waals surface area (Å²) in [5.74, 6) is -0.339. The Hall–Kier alpha value is -1.65. The predicted molar refractivity (Wildman–Crippen MR) is 83.8 cm³/mol. The van der Waals surface area contributed by atoms with Crippen LogP contribution in [0.25, 0.3) is 0 Å². The minimum absolute atomic E-state index is 0.0261. The van der Waals surface area contributed by atoms with Crippen LogP contribution in [0.5, 0.6) is 0 Å². The molecule has 2 rings (SSSR count). The lowest BCUT2D eigenvalue weighted by atomic mass is 10.0. The van der Waals surface area contributed by atoms with Gasteiger partial charge in [-0.2, -0.15) is 0 Å². The number of hydrogen-bond acceptors (Lipinski definition) is 3. The predicted octanol–water partition coefficient (Wildman–Crippen LogP) is 2.86. The molecule has 0 aliphatic rings. The Balaban J connectivity index is 2.19. The fourth-order valence-corrected chi connectivity index (χ4v) is 3.03. The van der Waals surface area contributed by atoms with Crippen LogP contribution in [0.3, 0.4) is 0 Å². The Labute approximate surface area is 123 Å². The van der Waals surface area contributed by atoms with E-state index in [0.717, 1.165) is 18.4 Å². The van der Waals surface area contributed by atoms with Crippen molar-refractivity contribution in [3.05, 3.63) is 57.8 Å². The monoisotopic (exact) mass is 288 g/mol. The summed E-state index contributed by atoms with van der Waals surface area (Å²) in [6.07, 6.45) is 2.24. The molecule has 1 amide bonds. The van der Waals surface area contributed by atoms with Crippen LogP contribution in [0.2, 0.25) is 0 Å². The molecule has 4 heteroatoms. The van der Waals surface area contributed by atoms with Gasteiger partial charge in [0.15, 0.2) is 0 Å². The Morgan fingerprint density at radius 3 is 2.60 bits per heavy atom. The number of thiophene rings is 1. The molecule has 3 N–H and O–H groups in total. The van der Waals surface area contributed by atoms with Crippen LogP contribution in [-0.4, -0.2) is 12.5 Å². The van der Waals surface area contributed by atoms with Gasteiger partial charge >= 0.3 is 0 Å². The fraction of sp³-hybridized carbons (Fsp3) is 0.312. The molecule has 20 heavy (non-hydrogen) atoms. The number of carbonyl (C=O) groups is 1. The van der Waals surface area contributed by atoms with Gasteiger partial charge in [0.1, 0.15) is 0 Å². The van der Waals surface area contributed by atoms with Gasteiger partial charge in [-0.05, 0) is 29.0 Å². The highest BCUT2D eigenvalue weighted by Crippen LogP contribution is 2.26. The summed E-state index contributed by atoms with van der Waals surface area (Å²) in [6.45, 7) is 2.36. The van der Waals surface area contributed by atoms with E-state index in [1.807, 2.05) is 11.4 Å². The molecule has 2 aromatic rings. The average molecular weight is 288 g/mol. The van der Waals surface area contributed by atoms with Crippen LogP contribution in [0.1, 0.15) is 35.4 Å². The zero-order valence-corrected chi connectivity index (χ0v) is 12.5. The molecule has 1 aromatic carbocycles. The van der Waals surface area contributed by atoms with Crippen LogP contribution in [0.4, 0.5) is 0 Å². The third-order valence-corrected chi connectivity index (χ3v) is 4.10. The number of primary amides is 1. The maximum absolute atomic E-state index is 11.0. The van der Waals surface area contributed by atoms with Gasteiger partial charge in [0.25, 0.3) is 0 Å². The van der Waals surface area contributed by atoms with Crippen molar-refractivity contribution in [3.8, 4) is 0 Å². The summed E-state index contributed by atoms with van der Waals surface area (Å²) < 4.78 is 0. The Bertz CT molecular complexity index is 534. The first-order valence-electron chi connectivity index (χ1n) is 6.84. The molecule has 1 heterocycles. The van der Waals surface area contributed by atoms with Gasteiger partial charge in [0, 0.05) is 4.88 Å². The molecular weight excluding hydrogens is 268 g/mol. The second kappa shape index (κ2) is 7.22. The molecule has 106 valence electrons. The fourth-order valence-electron chi connectivity index (χ4n) is 2.21. The largest absolute Gasteiger partial charge is 0.369 e. The number of amides is 1. The number of nitrogens with two attached hydrogens (primary N) is 1. The van der Waals surface area contributed by atoms with Crippen LogP contribution in [0, 0.1) is 0 Å². The second-order valence-corrected chi connectivity index (χ2v) is 5.77. The SMILES string of the molecule is CCCc1ccc([C@@H](NCC(N)=O)c2cccs2)cc1. The zero-order valence-electron chi connectivity index (χ0n) is 11.6. The van der Waals surface area contributed by atoms with Crippen molar-refractivity contribution >= 4 is 17.2 Å². The molecule has 0 spiro atoms. The Morgan fingerprint density at radius 2 is 2.05 bits per heavy atom. The number of carbonyl (C=O) groups excluding carboxylic acids is 1. The zero-order chi connectivity index (χ0) is 14.4. The lowest BCUT2D eigenvalue weighted by Gasteiger charge is -2.17. The maximum Gasteiger partial charge on any atom is 0.231 e. The molecule has 0 fully saturated rings. The number of benzene rings is 1. The normalized spacial score (nSPS) is 12.2. The van der Waals surface area contributed by atoms with Gasteiger partial charge in [-0.15, -0.1) is 11.3 Å². The number of nitrogens with one attached hydrogen (secondary N) is 1. The molecule has 1 aromatic heterocycles. The maximum atomic E-state index is 11.0. The molecule has 0 unspecified atom stereocenters. The van der Waals surface area contributed by atoms with E-state index in [1.165, 1.54) is 10.4 Å². The highest BCUT2D eigenvalue weighted by Gasteiger charge is 2.15. The molecule has 1 atom stereocenters. The first-order valence-corrected chi connectivity index (χ1v) is 7.72. The number of hydrogen-bond donors (Lipinski definition) is 2. The van der Waals surface area contributed by atoms with Crippen molar-refractivity contribution in [2.75, 3.05) is 6.54 Å². The van der Waals surface area contributed by atoms with Crippen LogP contribution < -0.4 is 11.1 Å².